The van der Waals surface area contributed by atoms with Gasteiger partial charge in [0.2, 0.25) is 5.95 Å². The molecule has 4 rings (SSSR count). The standard InChI is InChI=1S/C17H16N6/c1-2-8-18-14(5-1)16-19-11-7-13(22-16)15-6-3-12-23(15)17-20-9-4-10-21-17/h1-2,4-5,7-11,15H,3,6,12H2/t15-/m1/s1. The van der Waals surface area contributed by atoms with Crippen LogP contribution in [0.3, 0.4) is 0 Å². The zero-order valence-electron chi connectivity index (χ0n) is 12.6. The first-order valence-corrected chi connectivity index (χ1v) is 7.70. The molecule has 4 heterocycles. The lowest BCUT2D eigenvalue weighted by atomic mass is 10.1. The minimum absolute atomic E-state index is 0.183. The van der Waals surface area contributed by atoms with E-state index < -0.39 is 0 Å². The van der Waals surface area contributed by atoms with Crippen molar-refractivity contribution in [1.82, 2.24) is 24.9 Å². The van der Waals surface area contributed by atoms with Crippen molar-refractivity contribution < 1.29 is 0 Å². The molecule has 23 heavy (non-hydrogen) atoms. The van der Waals surface area contributed by atoms with Gasteiger partial charge >= 0.3 is 0 Å². The van der Waals surface area contributed by atoms with Gasteiger partial charge in [0, 0.05) is 31.3 Å². The summed E-state index contributed by atoms with van der Waals surface area (Å²) in [5.41, 5.74) is 1.78. The third kappa shape index (κ3) is 2.75. The van der Waals surface area contributed by atoms with Gasteiger partial charge in [0.1, 0.15) is 5.69 Å². The number of hydrogen-bond donors (Lipinski definition) is 0. The molecular weight excluding hydrogens is 288 g/mol. The Morgan fingerprint density at radius 2 is 1.74 bits per heavy atom. The Balaban J connectivity index is 1.68. The molecule has 114 valence electrons. The van der Waals surface area contributed by atoms with Crippen LogP contribution in [0.2, 0.25) is 0 Å². The molecule has 0 amide bonds. The maximum absolute atomic E-state index is 4.73. The number of aromatic nitrogens is 5. The highest BCUT2D eigenvalue weighted by atomic mass is 15.3. The molecule has 0 aliphatic carbocycles. The molecular formula is C17H16N6. The van der Waals surface area contributed by atoms with Gasteiger partial charge in [0.25, 0.3) is 0 Å². The van der Waals surface area contributed by atoms with E-state index in [1.165, 1.54) is 0 Å². The highest BCUT2D eigenvalue weighted by Crippen LogP contribution is 2.33. The molecule has 3 aromatic heterocycles. The fraction of sp³-hybridized carbons (Fsp3) is 0.235. The second-order valence-electron chi connectivity index (χ2n) is 5.42. The predicted octanol–water partition coefficient (Wildman–Crippen LogP) is 2.67. The summed E-state index contributed by atoms with van der Waals surface area (Å²) in [5.74, 6) is 1.41. The van der Waals surface area contributed by atoms with Gasteiger partial charge < -0.3 is 4.90 Å². The van der Waals surface area contributed by atoms with E-state index in [2.05, 4.69) is 24.8 Å². The smallest absolute Gasteiger partial charge is 0.225 e. The molecule has 1 saturated heterocycles. The molecule has 0 N–H and O–H groups in total. The van der Waals surface area contributed by atoms with Crippen molar-refractivity contribution in [3.63, 3.8) is 0 Å². The first-order valence-electron chi connectivity index (χ1n) is 7.70. The maximum atomic E-state index is 4.73. The van der Waals surface area contributed by atoms with Crippen LogP contribution in [0.4, 0.5) is 5.95 Å². The average molecular weight is 304 g/mol. The average Bonchev–Trinajstić information content (AvgIpc) is 3.13. The van der Waals surface area contributed by atoms with E-state index in [1.807, 2.05) is 30.3 Å². The molecule has 0 bridgehead atoms. The van der Waals surface area contributed by atoms with E-state index in [0.29, 0.717) is 5.82 Å². The van der Waals surface area contributed by atoms with E-state index in [9.17, 15) is 0 Å². The van der Waals surface area contributed by atoms with Gasteiger partial charge in [0.05, 0.1) is 11.7 Å². The topological polar surface area (TPSA) is 67.7 Å². The minimum Gasteiger partial charge on any atom is -0.332 e. The molecule has 1 aliphatic rings. The zero-order chi connectivity index (χ0) is 15.5. The van der Waals surface area contributed by atoms with Crippen molar-refractivity contribution in [3.05, 3.63) is 60.8 Å². The third-order valence-corrected chi connectivity index (χ3v) is 3.97. The van der Waals surface area contributed by atoms with Crippen LogP contribution < -0.4 is 4.90 Å². The number of anilines is 1. The van der Waals surface area contributed by atoms with E-state index in [1.54, 1.807) is 24.8 Å². The van der Waals surface area contributed by atoms with E-state index in [-0.39, 0.29) is 6.04 Å². The van der Waals surface area contributed by atoms with E-state index in [0.717, 1.165) is 36.7 Å². The highest BCUT2D eigenvalue weighted by Gasteiger charge is 2.29. The Bertz CT molecular complexity index is 777. The van der Waals surface area contributed by atoms with E-state index >= 15 is 0 Å². The van der Waals surface area contributed by atoms with Gasteiger partial charge in [-0.25, -0.2) is 19.9 Å². The quantitative estimate of drug-likeness (QED) is 0.741. The molecule has 0 spiro atoms. The first-order chi connectivity index (χ1) is 11.4. The van der Waals surface area contributed by atoms with E-state index in [4.69, 9.17) is 4.98 Å². The fourth-order valence-corrected chi connectivity index (χ4v) is 2.93. The van der Waals surface area contributed by atoms with Crippen molar-refractivity contribution >= 4 is 5.95 Å². The summed E-state index contributed by atoms with van der Waals surface area (Å²) in [5, 5.41) is 0. The normalized spacial score (nSPS) is 17.4. The fourth-order valence-electron chi connectivity index (χ4n) is 2.93. The van der Waals surface area contributed by atoms with Gasteiger partial charge in [-0.2, -0.15) is 0 Å². The molecule has 1 fully saturated rings. The van der Waals surface area contributed by atoms with Gasteiger partial charge in [-0.1, -0.05) is 6.07 Å². The molecule has 6 nitrogen and oxygen atoms in total. The summed E-state index contributed by atoms with van der Waals surface area (Å²) < 4.78 is 0. The SMILES string of the molecule is c1ccc(-c2nccc([C@H]3CCCN3c3ncccn3)n2)nc1. The Labute approximate surface area is 134 Å². The van der Waals surface area contributed by atoms with Crippen molar-refractivity contribution in [2.75, 3.05) is 11.4 Å². The summed E-state index contributed by atoms with van der Waals surface area (Å²) in [4.78, 5) is 24.4. The van der Waals surface area contributed by atoms with Gasteiger partial charge in [0.15, 0.2) is 5.82 Å². The third-order valence-electron chi connectivity index (χ3n) is 3.97. The summed E-state index contributed by atoms with van der Waals surface area (Å²) in [7, 11) is 0. The summed E-state index contributed by atoms with van der Waals surface area (Å²) in [6.45, 7) is 0.942. The predicted molar refractivity (Wildman–Crippen MR) is 86.6 cm³/mol. The van der Waals surface area contributed by atoms with Crippen LogP contribution in [0.5, 0.6) is 0 Å². The molecule has 0 radical (unpaired) electrons. The lowest BCUT2D eigenvalue weighted by Crippen LogP contribution is -2.25. The lowest BCUT2D eigenvalue weighted by Gasteiger charge is -2.24. The van der Waals surface area contributed by atoms with Crippen LogP contribution in [-0.2, 0) is 0 Å². The Kier molecular flexibility index (Phi) is 3.63. The highest BCUT2D eigenvalue weighted by molar-refractivity contribution is 5.48. The Hall–Kier alpha value is -2.89. The second-order valence-corrected chi connectivity index (χ2v) is 5.42. The van der Waals surface area contributed by atoms with Crippen LogP contribution in [0, 0.1) is 0 Å². The van der Waals surface area contributed by atoms with Gasteiger partial charge in [-0.05, 0) is 37.1 Å². The maximum Gasteiger partial charge on any atom is 0.225 e. The van der Waals surface area contributed by atoms with Crippen molar-refractivity contribution in [1.29, 1.82) is 0 Å². The van der Waals surface area contributed by atoms with Crippen molar-refractivity contribution in [2.24, 2.45) is 0 Å². The molecule has 1 aliphatic heterocycles. The van der Waals surface area contributed by atoms with Gasteiger partial charge in [-0.3, -0.25) is 4.98 Å². The summed E-state index contributed by atoms with van der Waals surface area (Å²) in [6, 6.07) is 9.74. The van der Waals surface area contributed by atoms with Crippen LogP contribution in [0.25, 0.3) is 11.5 Å². The number of rotatable bonds is 3. The van der Waals surface area contributed by atoms with Crippen LogP contribution >= 0.6 is 0 Å². The molecule has 1 atom stereocenters. The lowest BCUT2D eigenvalue weighted by molar-refractivity contribution is 0.677. The van der Waals surface area contributed by atoms with Crippen LogP contribution in [0.1, 0.15) is 24.6 Å². The number of nitrogens with zero attached hydrogens (tertiary/aromatic N) is 6. The second kappa shape index (κ2) is 6.08. The molecule has 6 heteroatoms. The minimum atomic E-state index is 0.183. The molecule has 0 unspecified atom stereocenters. The molecule has 0 aromatic carbocycles. The monoisotopic (exact) mass is 304 g/mol. The van der Waals surface area contributed by atoms with Crippen LogP contribution in [0.15, 0.2) is 55.1 Å². The summed E-state index contributed by atoms with van der Waals surface area (Å²) >= 11 is 0. The zero-order valence-corrected chi connectivity index (χ0v) is 12.6. The number of pyridine rings is 1. The molecule has 0 saturated carbocycles. The number of hydrogen-bond acceptors (Lipinski definition) is 6. The Morgan fingerprint density at radius 1 is 0.870 bits per heavy atom. The Morgan fingerprint density at radius 3 is 2.57 bits per heavy atom. The van der Waals surface area contributed by atoms with Gasteiger partial charge in [-0.15, -0.1) is 0 Å². The summed E-state index contributed by atoms with van der Waals surface area (Å²) in [6.07, 6.45) is 9.25. The first kappa shape index (κ1) is 13.8. The van der Waals surface area contributed by atoms with Crippen molar-refractivity contribution in [3.8, 4) is 11.5 Å². The van der Waals surface area contributed by atoms with Crippen molar-refractivity contribution in [2.45, 2.75) is 18.9 Å². The van der Waals surface area contributed by atoms with Crippen LogP contribution in [-0.4, -0.2) is 31.5 Å². The molecule has 3 aromatic rings. The largest absolute Gasteiger partial charge is 0.332 e.